The van der Waals surface area contributed by atoms with E-state index < -0.39 is 12.0 Å². The van der Waals surface area contributed by atoms with Gasteiger partial charge in [0.15, 0.2) is 0 Å². The van der Waals surface area contributed by atoms with Gasteiger partial charge in [-0.05, 0) is 12.3 Å². The van der Waals surface area contributed by atoms with E-state index >= 15 is 0 Å². The SMILES string of the molecule is Cc1csc(CNC(=O)NC(CC(=O)O)C(C)(C)C)n1. The van der Waals surface area contributed by atoms with E-state index in [1.807, 2.05) is 33.1 Å². The summed E-state index contributed by atoms with van der Waals surface area (Å²) in [7, 11) is 0. The molecule has 6 nitrogen and oxygen atoms in total. The molecule has 3 N–H and O–H groups in total. The first-order valence-corrected chi connectivity index (χ1v) is 7.23. The Hall–Kier alpha value is -1.63. The number of amides is 2. The minimum absolute atomic E-state index is 0.104. The van der Waals surface area contributed by atoms with E-state index in [2.05, 4.69) is 15.6 Å². The molecule has 0 aliphatic rings. The van der Waals surface area contributed by atoms with Crippen molar-refractivity contribution in [1.82, 2.24) is 15.6 Å². The summed E-state index contributed by atoms with van der Waals surface area (Å²) >= 11 is 1.48. The number of aromatic nitrogens is 1. The van der Waals surface area contributed by atoms with Gasteiger partial charge in [-0.1, -0.05) is 20.8 Å². The first-order chi connectivity index (χ1) is 9.18. The monoisotopic (exact) mass is 299 g/mol. The molecule has 0 aliphatic carbocycles. The predicted molar refractivity (Wildman–Crippen MR) is 77.7 cm³/mol. The van der Waals surface area contributed by atoms with Crippen molar-refractivity contribution in [3.8, 4) is 0 Å². The number of hydrogen-bond donors (Lipinski definition) is 3. The van der Waals surface area contributed by atoms with Crippen LogP contribution in [0.25, 0.3) is 0 Å². The van der Waals surface area contributed by atoms with Crippen LogP contribution in [0, 0.1) is 12.3 Å². The molecule has 20 heavy (non-hydrogen) atoms. The van der Waals surface area contributed by atoms with Gasteiger partial charge in [0.1, 0.15) is 5.01 Å². The summed E-state index contributed by atoms with van der Waals surface area (Å²) in [4.78, 5) is 26.9. The number of carboxylic acid groups (broad SMARTS) is 1. The second-order valence-corrected chi connectivity index (χ2v) is 6.67. The minimum Gasteiger partial charge on any atom is -0.481 e. The van der Waals surface area contributed by atoms with E-state index in [9.17, 15) is 9.59 Å². The van der Waals surface area contributed by atoms with Gasteiger partial charge in [0, 0.05) is 17.1 Å². The smallest absolute Gasteiger partial charge is 0.315 e. The zero-order valence-corrected chi connectivity index (χ0v) is 13.0. The summed E-state index contributed by atoms with van der Waals surface area (Å²) < 4.78 is 0. The quantitative estimate of drug-likeness (QED) is 0.777. The van der Waals surface area contributed by atoms with E-state index in [1.165, 1.54) is 11.3 Å². The van der Waals surface area contributed by atoms with Gasteiger partial charge in [0.25, 0.3) is 0 Å². The van der Waals surface area contributed by atoms with Crippen molar-refractivity contribution in [3.05, 3.63) is 16.1 Å². The van der Waals surface area contributed by atoms with Crippen molar-refractivity contribution < 1.29 is 14.7 Å². The number of carbonyl (C=O) groups is 2. The Balaban J connectivity index is 2.51. The summed E-state index contributed by atoms with van der Waals surface area (Å²) in [6.07, 6.45) is -0.104. The van der Waals surface area contributed by atoms with Crippen molar-refractivity contribution in [2.45, 2.75) is 46.7 Å². The highest BCUT2D eigenvalue weighted by atomic mass is 32.1. The summed E-state index contributed by atoms with van der Waals surface area (Å²) in [5, 5.41) is 17.0. The van der Waals surface area contributed by atoms with Crippen LogP contribution in [0.5, 0.6) is 0 Å². The molecular weight excluding hydrogens is 278 g/mol. The highest BCUT2D eigenvalue weighted by Crippen LogP contribution is 2.21. The molecule has 0 aromatic carbocycles. The molecule has 2 amide bonds. The number of urea groups is 1. The minimum atomic E-state index is -0.930. The van der Waals surface area contributed by atoms with E-state index in [4.69, 9.17) is 5.11 Å². The molecule has 0 aliphatic heterocycles. The first-order valence-electron chi connectivity index (χ1n) is 6.35. The number of thiazole rings is 1. The molecule has 0 fully saturated rings. The normalized spacial score (nSPS) is 12.8. The Kier molecular flexibility index (Phi) is 5.50. The second-order valence-electron chi connectivity index (χ2n) is 5.73. The predicted octanol–water partition coefficient (Wildman–Crippen LogP) is 2.14. The fourth-order valence-electron chi connectivity index (χ4n) is 1.60. The lowest BCUT2D eigenvalue weighted by Crippen LogP contribution is -2.48. The number of carbonyl (C=O) groups excluding carboxylic acids is 1. The Bertz CT molecular complexity index is 479. The number of nitrogens with zero attached hydrogens (tertiary/aromatic N) is 1. The highest BCUT2D eigenvalue weighted by molar-refractivity contribution is 7.09. The molecule has 0 radical (unpaired) electrons. The van der Waals surface area contributed by atoms with E-state index in [0.717, 1.165) is 10.7 Å². The third-order valence-electron chi connectivity index (χ3n) is 2.80. The zero-order valence-electron chi connectivity index (χ0n) is 12.2. The number of hydrogen-bond acceptors (Lipinski definition) is 4. The van der Waals surface area contributed by atoms with Gasteiger partial charge in [-0.2, -0.15) is 0 Å². The van der Waals surface area contributed by atoms with Crippen LogP contribution in [0.3, 0.4) is 0 Å². The zero-order chi connectivity index (χ0) is 15.3. The van der Waals surface area contributed by atoms with Gasteiger partial charge in [-0.25, -0.2) is 9.78 Å². The summed E-state index contributed by atoms with van der Waals surface area (Å²) in [6.45, 7) is 7.91. The number of nitrogens with one attached hydrogen (secondary N) is 2. The van der Waals surface area contributed by atoms with Crippen molar-refractivity contribution >= 4 is 23.3 Å². The van der Waals surface area contributed by atoms with Gasteiger partial charge >= 0.3 is 12.0 Å². The third-order valence-corrected chi connectivity index (χ3v) is 3.76. The largest absolute Gasteiger partial charge is 0.481 e. The fourth-order valence-corrected chi connectivity index (χ4v) is 2.31. The maximum absolute atomic E-state index is 11.8. The summed E-state index contributed by atoms with van der Waals surface area (Å²) in [6, 6.07) is -0.808. The lowest BCUT2D eigenvalue weighted by Gasteiger charge is -2.30. The molecule has 1 aromatic heterocycles. The average Bonchev–Trinajstić information content (AvgIpc) is 2.70. The van der Waals surface area contributed by atoms with Crippen LogP contribution in [0.15, 0.2) is 5.38 Å². The van der Waals surface area contributed by atoms with Crippen LogP contribution in [0.2, 0.25) is 0 Å². The van der Waals surface area contributed by atoms with Crippen LogP contribution in [-0.2, 0) is 11.3 Å². The maximum Gasteiger partial charge on any atom is 0.315 e. The Labute approximate surface area is 122 Å². The Morgan fingerprint density at radius 1 is 1.45 bits per heavy atom. The summed E-state index contributed by atoms with van der Waals surface area (Å²) in [5.74, 6) is -0.930. The molecule has 1 unspecified atom stereocenters. The number of aryl methyl sites for hydroxylation is 1. The number of rotatable bonds is 5. The standard InChI is InChI=1S/C13H21N3O3S/c1-8-7-20-10(15-8)6-14-12(19)16-9(5-11(17)18)13(2,3)4/h7,9H,5-6H2,1-4H3,(H,17,18)(H2,14,16,19). The van der Waals surface area contributed by atoms with Crippen molar-refractivity contribution in [1.29, 1.82) is 0 Å². The summed E-state index contributed by atoms with van der Waals surface area (Å²) in [5.41, 5.74) is 0.596. The third kappa shape index (κ3) is 5.56. The molecule has 1 atom stereocenters. The molecule has 1 aromatic rings. The van der Waals surface area contributed by atoms with Gasteiger partial charge in [-0.15, -0.1) is 11.3 Å². The lowest BCUT2D eigenvalue weighted by atomic mass is 9.85. The molecule has 0 saturated heterocycles. The van der Waals surface area contributed by atoms with E-state index in [1.54, 1.807) is 0 Å². The Morgan fingerprint density at radius 3 is 2.55 bits per heavy atom. The van der Waals surface area contributed by atoms with Crippen LogP contribution in [-0.4, -0.2) is 28.1 Å². The van der Waals surface area contributed by atoms with E-state index in [-0.39, 0.29) is 17.9 Å². The van der Waals surface area contributed by atoms with Gasteiger partial charge in [0.05, 0.1) is 13.0 Å². The molecule has 0 spiro atoms. The lowest BCUT2D eigenvalue weighted by molar-refractivity contribution is -0.138. The van der Waals surface area contributed by atoms with Crippen molar-refractivity contribution in [2.75, 3.05) is 0 Å². The molecule has 1 rings (SSSR count). The van der Waals surface area contributed by atoms with Crippen molar-refractivity contribution in [2.24, 2.45) is 5.41 Å². The van der Waals surface area contributed by atoms with E-state index in [0.29, 0.717) is 6.54 Å². The maximum atomic E-state index is 11.8. The van der Waals surface area contributed by atoms with Gasteiger partial charge in [-0.3, -0.25) is 4.79 Å². The Morgan fingerprint density at radius 2 is 2.10 bits per heavy atom. The van der Waals surface area contributed by atoms with Gasteiger partial charge < -0.3 is 15.7 Å². The second kappa shape index (κ2) is 6.69. The molecule has 7 heteroatoms. The fraction of sp³-hybridized carbons (Fsp3) is 0.615. The molecule has 1 heterocycles. The van der Waals surface area contributed by atoms with Crippen LogP contribution < -0.4 is 10.6 Å². The molecule has 112 valence electrons. The topological polar surface area (TPSA) is 91.3 Å². The molecular formula is C13H21N3O3S. The highest BCUT2D eigenvalue weighted by Gasteiger charge is 2.28. The van der Waals surface area contributed by atoms with Crippen LogP contribution >= 0.6 is 11.3 Å². The molecule has 0 bridgehead atoms. The number of carboxylic acids is 1. The number of aliphatic carboxylic acids is 1. The van der Waals surface area contributed by atoms with Crippen molar-refractivity contribution in [3.63, 3.8) is 0 Å². The van der Waals surface area contributed by atoms with Crippen LogP contribution in [0.4, 0.5) is 4.79 Å². The average molecular weight is 299 g/mol. The molecule has 0 saturated carbocycles. The van der Waals surface area contributed by atoms with Gasteiger partial charge in [0.2, 0.25) is 0 Å². The first kappa shape index (κ1) is 16.4. The van der Waals surface area contributed by atoms with Crippen LogP contribution in [0.1, 0.15) is 37.9 Å².